The van der Waals surface area contributed by atoms with Crippen molar-refractivity contribution in [3.8, 4) is 0 Å². The number of carboxylic acids is 1. The largest absolute Gasteiger partial charge is 0.478 e. The summed E-state index contributed by atoms with van der Waals surface area (Å²) in [6.07, 6.45) is 2.38. The van der Waals surface area contributed by atoms with Crippen molar-refractivity contribution in [2.45, 2.75) is 11.9 Å². The number of pyridine rings is 2. The predicted octanol–water partition coefficient (Wildman–Crippen LogP) is 1.28. The van der Waals surface area contributed by atoms with Gasteiger partial charge in [-0.2, -0.15) is 8.42 Å². The number of rotatable bonds is 4. The predicted molar refractivity (Wildman–Crippen MR) is 71.0 cm³/mol. The lowest BCUT2D eigenvalue weighted by atomic mass is 10.3. The zero-order valence-electron chi connectivity index (χ0n) is 10.4. The summed E-state index contributed by atoms with van der Waals surface area (Å²) in [5.74, 6) is -1.17. The van der Waals surface area contributed by atoms with Crippen LogP contribution in [0, 0.1) is 6.92 Å². The minimum absolute atomic E-state index is 0.0825. The summed E-state index contributed by atoms with van der Waals surface area (Å²) in [5, 5.41) is 8.47. The van der Waals surface area contributed by atoms with Crippen molar-refractivity contribution in [1.29, 1.82) is 0 Å². The Kier molecular flexibility index (Phi) is 3.66. The molecule has 2 aromatic heterocycles. The molecule has 0 fully saturated rings. The molecule has 0 unspecified atom stereocenters. The molecule has 0 aliphatic rings. The fraction of sp³-hybridized carbons (Fsp3) is 0.0833. The molecule has 2 heterocycles. The van der Waals surface area contributed by atoms with E-state index in [1.807, 2.05) is 0 Å². The number of carbonyl (C=O) groups is 1. The zero-order valence-corrected chi connectivity index (χ0v) is 11.3. The Morgan fingerprint density at radius 3 is 2.40 bits per heavy atom. The average molecular weight is 293 g/mol. The second-order valence-electron chi connectivity index (χ2n) is 3.98. The van der Waals surface area contributed by atoms with Crippen LogP contribution in [0.1, 0.15) is 16.1 Å². The quantitative estimate of drug-likeness (QED) is 0.879. The van der Waals surface area contributed by atoms with Crippen LogP contribution in [0.25, 0.3) is 0 Å². The summed E-state index contributed by atoms with van der Waals surface area (Å²) in [6.45, 7) is 1.78. The first kappa shape index (κ1) is 13.9. The van der Waals surface area contributed by atoms with Crippen LogP contribution >= 0.6 is 0 Å². The van der Waals surface area contributed by atoms with Crippen molar-refractivity contribution in [1.82, 2.24) is 9.97 Å². The number of anilines is 1. The Bertz CT molecular complexity index is 724. The van der Waals surface area contributed by atoms with E-state index >= 15 is 0 Å². The first-order chi connectivity index (χ1) is 9.38. The highest BCUT2D eigenvalue weighted by molar-refractivity contribution is 7.92. The molecule has 104 valence electrons. The highest BCUT2D eigenvalue weighted by Gasteiger charge is 2.16. The fourth-order valence-corrected chi connectivity index (χ4v) is 2.38. The van der Waals surface area contributed by atoms with Crippen LogP contribution in [0.3, 0.4) is 0 Å². The number of hydrogen-bond donors (Lipinski definition) is 2. The van der Waals surface area contributed by atoms with Gasteiger partial charge < -0.3 is 5.11 Å². The van der Waals surface area contributed by atoms with Gasteiger partial charge in [0.25, 0.3) is 10.0 Å². The minimum atomic E-state index is -3.86. The molecule has 0 saturated heterocycles. The monoisotopic (exact) mass is 293 g/mol. The smallest absolute Gasteiger partial charge is 0.337 e. The van der Waals surface area contributed by atoms with Gasteiger partial charge in [0.15, 0.2) is 5.03 Å². The number of aromatic nitrogens is 2. The van der Waals surface area contributed by atoms with Crippen molar-refractivity contribution in [3.63, 3.8) is 0 Å². The van der Waals surface area contributed by atoms with Gasteiger partial charge >= 0.3 is 5.97 Å². The topological polar surface area (TPSA) is 109 Å². The lowest BCUT2D eigenvalue weighted by Gasteiger charge is -2.07. The molecule has 7 nitrogen and oxygen atoms in total. The molecule has 8 heteroatoms. The van der Waals surface area contributed by atoms with Crippen molar-refractivity contribution in [3.05, 3.63) is 47.9 Å². The summed E-state index contributed by atoms with van der Waals surface area (Å²) in [4.78, 5) is 18.3. The number of carboxylic acid groups (broad SMARTS) is 1. The molecule has 0 saturated carbocycles. The maximum Gasteiger partial charge on any atom is 0.337 e. The van der Waals surface area contributed by atoms with Gasteiger partial charge in [0.1, 0.15) is 0 Å². The maximum absolute atomic E-state index is 12.0. The second kappa shape index (κ2) is 5.25. The zero-order chi connectivity index (χ0) is 14.8. The van der Waals surface area contributed by atoms with Crippen LogP contribution in [0.5, 0.6) is 0 Å². The number of aryl methyl sites for hydroxylation is 1. The summed E-state index contributed by atoms with van der Waals surface area (Å²) in [5.41, 5.74) is 0.984. The number of aromatic carboxylic acids is 1. The van der Waals surface area contributed by atoms with Gasteiger partial charge in [-0.1, -0.05) is 0 Å². The average Bonchev–Trinajstić information content (AvgIpc) is 2.41. The standard InChI is InChI=1S/C12H11N3O4S/c1-8-2-4-10(7-13-8)15-20(18,19)11-5-3-9(6-14-11)12(16)17/h2-7,15H,1H3,(H,16,17). The van der Waals surface area contributed by atoms with E-state index < -0.39 is 16.0 Å². The van der Waals surface area contributed by atoms with Gasteiger partial charge in [-0.3, -0.25) is 9.71 Å². The third-order valence-corrected chi connectivity index (χ3v) is 3.72. The SMILES string of the molecule is Cc1ccc(NS(=O)(=O)c2ccc(C(=O)O)cn2)cn1. The van der Waals surface area contributed by atoms with Crippen LogP contribution in [-0.2, 0) is 10.0 Å². The molecule has 0 amide bonds. The van der Waals surface area contributed by atoms with Gasteiger partial charge in [-0.15, -0.1) is 0 Å². The molecule has 0 atom stereocenters. The Hall–Kier alpha value is -2.48. The molecule has 2 N–H and O–H groups in total. The van der Waals surface area contributed by atoms with Crippen LogP contribution in [0.15, 0.2) is 41.7 Å². The Balaban J connectivity index is 2.26. The molecular weight excluding hydrogens is 282 g/mol. The molecule has 2 aromatic rings. The van der Waals surface area contributed by atoms with Crippen molar-refractivity contribution in [2.24, 2.45) is 0 Å². The van der Waals surface area contributed by atoms with E-state index in [0.717, 1.165) is 18.0 Å². The third-order valence-electron chi connectivity index (χ3n) is 2.42. The van der Waals surface area contributed by atoms with Crippen LogP contribution < -0.4 is 4.72 Å². The van der Waals surface area contributed by atoms with Gasteiger partial charge in [-0.05, 0) is 31.2 Å². The van der Waals surface area contributed by atoms with E-state index in [2.05, 4.69) is 14.7 Å². The number of nitrogens with one attached hydrogen (secondary N) is 1. The summed E-state index contributed by atoms with van der Waals surface area (Å²) < 4.78 is 26.3. The van der Waals surface area contributed by atoms with E-state index in [1.165, 1.54) is 12.3 Å². The van der Waals surface area contributed by atoms with E-state index in [0.29, 0.717) is 5.69 Å². The number of nitrogens with zero attached hydrogens (tertiary/aromatic N) is 2. The molecule has 0 aliphatic carbocycles. The molecule has 0 aliphatic heterocycles. The van der Waals surface area contributed by atoms with Crippen LogP contribution in [0.2, 0.25) is 0 Å². The normalized spacial score (nSPS) is 11.1. The van der Waals surface area contributed by atoms with E-state index in [9.17, 15) is 13.2 Å². The lowest BCUT2D eigenvalue weighted by Crippen LogP contribution is -2.15. The molecule has 20 heavy (non-hydrogen) atoms. The molecule has 0 radical (unpaired) electrons. The van der Waals surface area contributed by atoms with Crippen LogP contribution in [-0.4, -0.2) is 29.5 Å². The molecule has 2 rings (SSSR count). The Morgan fingerprint density at radius 2 is 1.90 bits per heavy atom. The van der Waals surface area contributed by atoms with Crippen molar-refractivity contribution >= 4 is 21.7 Å². The summed E-state index contributed by atoms with van der Waals surface area (Å²) in [7, 11) is -3.86. The van der Waals surface area contributed by atoms with Gasteiger partial charge in [0.2, 0.25) is 0 Å². The lowest BCUT2D eigenvalue weighted by molar-refractivity contribution is 0.0696. The maximum atomic E-state index is 12.0. The molecule has 0 spiro atoms. The van der Waals surface area contributed by atoms with Gasteiger partial charge in [0, 0.05) is 11.9 Å². The second-order valence-corrected chi connectivity index (χ2v) is 5.61. The molecular formula is C12H11N3O4S. The van der Waals surface area contributed by atoms with E-state index in [-0.39, 0.29) is 10.6 Å². The Labute approximate surface area is 115 Å². The first-order valence-electron chi connectivity index (χ1n) is 5.53. The number of sulfonamides is 1. The fourth-order valence-electron chi connectivity index (χ4n) is 1.40. The molecule has 0 bridgehead atoms. The highest BCUT2D eigenvalue weighted by atomic mass is 32.2. The Morgan fingerprint density at radius 1 is 1.15 bits per heavy atom. The summed E-state index contributed by atoms with van der Waals surface area (Å²) in [6, 6.07) is 5.55. The van der Waals surface area contributed by atoms with Crippen LogP contribution in [0.4, 0.5) is 5.69 Å². The third kappa shape index (κ3) is 3.09. The van der Waals surface area contributed by atoms with Crippen molar-refractivity contribution < 1.29 is 18.3 Å². The first-order valence-corrected chi connectivity index (χ1v) is 7.01. The van der Waals surface area contributed by atoms with Gasteiger partial charge in [-0.25, -0.2) is 9.78 Å². The van der Waals surface area contributed by atoms with Gasteiger partial charge in [0.05, 0.1) is 17.4 Å². The number of hydrogen-bond acceptors (Lipinski definition) is 5. The highest BCUT2D eigenvalue weighted by Crippen LogP contribution is 2.14. The molecule has 0 aromatic carbocycles. The van der Waals surface area contributed by atoms with E-state index in [1.54, 1.807) is 19.1 Å². The van der Waals surface area contributed by atoms with E-state index in [4.69, 9.17) is 5.11 Å². The summed E-state index contributed by atoms with van der Waals surface area (Å²) >= 11 is 0. The minimum Gasteiger partial charge on any atom is -0.478 e. The van der Waals surface area contributed by atoms with Crippen molar-refractivity contribution in [2.75, 3.05) is 4.72 Å².